The van der Waals surface area contributed by atoms with E-state index in [2.05, 4.69) is 38.0 Å². The zero-order valence-electron chi connectivity index (χ0n) is 18.5. The summed E-state index contributed by atoms with van der Waals surface area (Å²) >= 11 is 0. The van der Waals surface area contributed by atoms with E-state index in [-0.39, 0.29) is 24.1 Å². The first-order valence-electron chi connectivity index (χ1n) is 10.3. The molecule has 0 aromatic rings. The third kappa shape index (κ3) is 7.02. The van der Waals surface area contributed by atoms with Gasteiger partial charge in [-0.25, -0.2) is 4.58 Å². The van der Waals surface area contributed by atoms with Gasteiger partial charge in [-0.2, -0.15) is 0 Å². The first-order valence-corrected chi connectivity index (χ1v) is 10.3. The maximum Gasteiger partial charge on any atom is 0.310 e. The van der Waals surface area contributed by atoms with Crippen LogP contribution in [0.3, 0.4) is 0 Å². The number of nitrogens with zero attached hydrogens (tertiary/aromatic N) is 1. The molecule has 0 fully saturated rings. The molecule has 0 aliphatic carbocycles. The Balaban J connectivity index is 2.93. The molecule has 0 aromatic heterocycles. The lowest BCUT2D eigenvalue weighted by molar-refractivity contribution is -0.518. The number of carbonyl (C=O) groups excluding carboxylic acids is 1. The highest BCUT2D eigenvalue weighted by molar-refractivity contribution is 5.88. The fourth-order valence-corrected chi connectivity index (χ4v) is 3.38. The molecule has 0 aromatic carbocycles. The SMILES string of the molecule is C=C/C=C(\C=C1/C[N+](CCC(OCC)OCC)=C(C)C1(C)C)CC(=O)OCC. The molecule has 0 bridgehead atoms. The van der Waals surface area contributed by atoms with E-state index in [4.69, 9.17) is 14.2 Å². The highest BCUT2D eigenvalue weighted by atomic mass is 16.7. The van der Waals surface area contributed by atoms with Crippen LogP contribution in [0.5, 0.6) is 0 Å². The second-order valence-electron chi connectivity index (χ2n) is 7.39. The van der Waals surface area contributed by atoms with E-state index in [0.717, 1.165) is 25.1 Å². The van der Waals surface area contributed by atoms with Crippen molar-refractivity contribution in [2.75, 3.05) is 32.9 Å². The quantitative estimate of drug-likeness (QED) is 0.215. The lowest BCUT2D eigenvalue weighted by Gasteiger charge is -2.17. The second-order valence-corrected chi connectivity index (χ2v) is 7.39. The predicted octanol–water partition coefficient (Wildman–Crippen LogP) is 4.28. The van der Waals surface area contributed by atoms with Crippen LogP contribution in [0.15, 0.2) is 36.0 Å². The van der Waals surface area contributed by atoms with Crippen molar-refractivity contribution < 1.29 is 23.6 Å². The van der Waals surface area contributed by atoms with Crippen molar-refractivity contribution >= 4 is 11.7 Å². The van der Waals surface area contributed by atoms with Crippen molar-refractivity contribution in [1.29, 1.82) is 0 Å². The molecule has 1 aliphatic rings. The molecule has 1 rings (SSSR count). The van der Waals surface area contributed by atoms with E-state index < -0.39 is 0 Å². The van der Waals surface area contributed by atoms with Crippen LogP contribution in [-0.4, -0.2) is 55.5 Å². The highest BCUT2D eigenvalue weighted by Crippen LogP contribution is 2.34. The maximum atomic E-state index is 11.9. The van der Waals surface area contributed by atoms with Crippen LogP contribution < -0.4 is 0 Å². The number of hydrogen-bond acceptors (Lipinski definition) is 4. The first kappa shape index (κ1) is 24.3. The third-order valence-electron chi connectivity index (χ3n) is 5.23. The van der Waals surface area contributed by atoms with Crippen molar-refractivity contribution in [1.82, 2.24) is 0 Å². The molecule has 0 atom stereocenters. The van der Waals surface area contributed by atoms with Crippen LogP contribution in [0.2, 0.25) is 0 Å². The highest BCUT2D eigenvalue weighted by Gasteiger charge is 2.41. The summed E-state index contributed by atoms with van der Waals surface area (Å²) in [4.78, 5) is 11.9. The Hall–Kier alpha value is -1.72. The molecule has 5 heteroatoms. The van der Waals surface area contributed by atoms with E-state index in [9.17, 15) is 4.79 Å². The minimum atomic E-state index is -0.211. The van der Waals surface area contributed by atoms with E-state index in [1.54, 1.807) is 6.08 Å². The largest absolute Gasteiger partial charge is 0.466 e. The summed E-state index contributed by atoms with van der Waals surface area (Å²) in [5, 5.41) is 0. The summed E-state index contributed by atoms with van der Waals surface area (Å²) in [6, 6.07) is 0. The van der Waals surface area contributed by atoms with Gasteiger partial charge in [0.05, 0.1) is 24.9 Å². The van der Waals surface area contributed by atoms with Crippen LogP contribution in [0, 0.1) is 5.41 Å². The van der Waals surface area contributed by atoms with Gasteiger partial charge >= 0.3 is 5.97 Å². The average Bonchev–Trinajstić information content (AvgIpc) is 2.84. The molecule has 0 spiro atoms. The molecule has 0 radical (unpaired) electrons. The average molecular weight is 393 g/mol. The van der Waals surface area contributed by atoms with Gasteiger partial charge in [0.1, 0.15) is 6.54 Å². The van der Waals surface area contributed by atoms with Crippen molar-refractivity contribution in [3.05, 3.63) is 36.0 Å². The van der Waals surface area contributed by atoms with Gasteiger partial charge in [-0.15, -0.1) is 0 Å². The van der Waals surface area contributed by atoms with Gasteiger partial charge < -0.3 is 14.2 Å². The van der Waals surface area contributed by atoms with Crippen molar-refractivity contribution in [2.24, 2.45) is 5.41 Å². The van der Waals surface area contributed by atoms with Crippen molar-refractivity contribution in [2.45, 2.75) is 60.7 Å². The summed E-state index contributed by atoms with van der Waals surface area (Å²) in [7, 11) is 0. The van der Waals surface area contributed by atoms with Gasteiger partial charge in [-0.3, -0.25) is 4.79 Å². The predicted molar refractivity (Wildman–Crippen MR) is 114 cm³/mol. The van der Waals surface area contributed by atoms with Gasteiger partial charge in [-0.1, -0.05) is 24.8 Å². The fourth-order valence-electron chi connectivity index (χ4n) is 3.38. The summed E-state index contributed by atoms with van der Waals surface area (Å²) in [5.41, 5.74) is 3.46. The monoisotopic (exact) mass is 392 g/mol. The van der Waals surface area contributed by atoms with Gasteiger partial charge in [0.2, 0.25) is 0 Å². The van der Waals surface area contributed by atoms with Crippen molar-refractivity contribution in [3.63, 3.8) is 0 Å². The van der Waals surface area contributed by atoms with E-state index in [1.165, 1.54) is 11.3 Å². The lowest BCUT2D eigenvalue weighted by atomic mass is 9.81. The Labute approximate surface area is 170 Å². The van der Waals surface area contributed by atoms with E-state index >= 15 is 0 Å². The summed E-state index contributed by atoms with van der Waals surface area (Å²) in [5.74, 6) is -0.211. The molecule has 5 nitrogen and oxygen atoms in total. The molecule has 1 heterocycles. The number of allylic oxidation sites excluding steroid dienone is 3. The molecule has 0 unspecified atom stereocenters. The van der Waals surface area contributed by atoms with E-state index in [1.807, 2.05) is 26.8 Å². The van der Waals surface area contributed by atoms with Gasteiger partial charge in [-0.05, 0) is 40.2 Å². The standard InChI is InChI=1S/C23H38NO4/c1-8-12-19(16-21(25)26-9-2)15-20-17-24(18(5)23(20,6)7)14-13-22(27-10-3)28-11-4/h8,12,15,22H,1,9-11,13-14,16-17H2,2-7H3/q+1/b19-12+,20-15+. The molecular formula is C23H38NO4+. The summed E-state index contributed by atoms with van der Waals surface area (Å²) in [6.07, 6.45) is 6.65. The van der Waals surface area contributed by atoms with Gasteiger partial charge in [0, 0.05) is 25.7 Å². The van der Waals surface area contributed by atoms with Crippen LogP contribution in [-0.2, 0) is 19.0 Å². The minimum Gasteiger partial charge on any atom is -0.466 e. The normalized spacial score (nSPS) is 18.2. The zero-order chi connectivity index (χ0) is 21.2. The fraction of sp³-hybridized carbons (Fsp3) is 0.652. The number of rotatable bonds is 12. The number of ether oxygens (including phenoxy) is 3. The molecule has 158 valence electrons. The maximum absolute atomic E-state index is 11.9. The topological polar surface area (TPSA) is 47.8 Å². The Morgan fingerprint density at radius 3 is 2.39 bits per heavy atom. The zero-order valence-corrected chi connectivity index (χ0v) is 18.5. The van der Waals surface area contributed by atoms with Gasteiger partial charge in [0.15, 0.2) is 18.5 Å². The Kier molecular flexibility index (Phi) is 10.4. The second kappa shape index (κ2) is 12.0. The first-order chi connectivity index (χ1) is 13.3. The van der Waals surface area contributed by atoms with Crippen molar-refractivity contribution in [3.8, 4) is 0 Å². The number of hydrogen-bond donors (Lipinski definition) is 0. The molecule has 0 N–H and O–H groups in total. The summed E-state index contributed by atoms with van der Waals surface area (Å²) < 4.78 is 18.8. The molecule has 28 heavy (non-hydrogen) atoms. The van der Waals surface area contributed by atoms with Gasteiger partial charge in [0.25, 0.3) is 0 Å². The van der Waals surface area contributed by atoms with Crippen LogP contribution in [0.4, 0.5) is 0 Å². The third-order valence-corrected chi connectivity index (χ3v) is 5.23. The van der Waals surface area contributed by atoms with Crippen LogP contribution in [0.25, 0.3) is 0 Å². The smallest absolute Gasteiger partial charge is 0.310 e. The van der Waals surface area contributed by atoms with Crippen LogP contribution in [0.1, 0.15) is 54.4 Å². The number of carbonyl (C=O) groups is 1. The lowest BCUT2D eigenvalue weighted by Crippen LogP contribution is -2.26. The van der Waals surface area contributed by atoms with E-state index in [0.29, 0.717) is 19.8 Å². The molecule has 1 aliphatic heterocycles. The minimum absolute atomic E-state index is 0.0678. The molecule has 0 saturated heterocycles. The summed E-state index contributed by atoms with van der Waals surface area (Å²) in [6.45, 7) is 19.6. The Morgan fingerprint density at radius 2 is 1.86 bits per heavy atom. The number of esters is 1. The Bertz CT molecular complexity index is 623. The molecular weight excluding hydrogens is 354 g/mol. The molecule has 0 saturated carbocycles. The molecule has 0 amide bonds. The Morgan fingerprint density at radius 1 is 1.21 bits per heavy atom. The van der Waals surface area contributed by atoms with Crippen LogP contribution >= 0.6 is 0 Å².